The van der Waals surface area contributed by atoms with Crippen LogP contribution in [0.2, 0.25) is 0 Å². The molecular weight excluding hydrogens is 433 g/mol. The molecule has 0 saturated carbocycles. The molecule has 0 aliphatic heterocycles. The van der Waals surface area contributed by atoms with E-state index in [2.05, 4.69) is 10.4 Å². The van der Waals surface area contributed by atoms with Gasteiger partial charge in [0.1, 0.15) is 5.65 Å². The molecule has 0 radical (unpaired) electrons. The maximum absolute atomic E-state index is 12.9. The van der Waals surface area contributed by atoms with Crippen molar-refractivity contribution in [2.75, 3.05) is 5.32 Å². The molecule has 4 rings (SSSR count). The number of alkyl halides is 3. The van der Waals surface area contributed by atoms with E-state index in [4.69, 9.17) is 0 Å². The molecular formula is C24H21F3N4O2. The molecule has 1 amide bonds. The second-order valence-electron chi connectivity index (χ2n) is 7.73. The lowest BCUT2D eigenvalue weighted by atomic mass is 10.1. The Hall–Kier alpha value is -3.88. The Balaban J connectivity index is 1.64. The Morgan fingerprint density at radius 2 is 1.76 bits per heavy atom. The fraction of sp³-hybridized carbons (Fsp3) is 0.208. The maximum atomic E-state index is 12.9. The molecule has 0 aliphatic carbocycles. The number of nitrogens with zero attached hydrogens (tertiary/aromatic N) is 3. The number of amides is 1. The number of halogens is 3. The molecule has 33 heavy (non-hydrogen) atoms. The highest BCUT2D eigenvalue weighted by Crippen LogP contribution is 2.30. The highest BCUT2D eigenvalue weighted by molar-refractivity contribution is 5.91. The van der Waals surface area contributed by atoms with Crippen LogP contribution in [0.4, 0.5) is 18.9 Å². The monoisotopic (exact) mass is 454 g/mol. The van der Waals surface area contributed by atoms with Crippen molar-refractivity contribution in [2.24, 2.45) is 0 Å². The zero-order valence-electron chi connectivity index (χ0n) is 18.0. The van der Waals surface area contributed by atoms with Crippen molar-refractivity contribution in [3.05, 3.63) is 87.8 Å². The maximum Gasteiger partial charge on any atom is 0.416 e. The lowest BCUT2D eigenvalue weighted by molar-refractivity contribution is -0.137. The summed E-state index contributed by atoms with van der Waals surface area (Å²) < 4.78 is 41.9. The smallest absolute Gasteiger partial charge is 0.326 e. The van der Waals surface area contributed by atoms with Crippen LogP contribution in [0.3, 0.4) is 0 Å². The molecule has 2 aromatic heterocycles. The number of aryl methyl sites for hydroxylation is 3. The minimum Gasteiger partial charge on any atom is -0.326 e. The van der Waals surface area contributed by atoms with Crippen LogP contribution in [0.1, 0.15) is 23.2 Å². The van der Waals surface area contributed by atoms with E-state index in [9.17, 15) is 22.8 Å². The number of nitrogens with one attached hydrogen (secondary N) is 1. The van der Waals surface area contributed by atoms with Gasteiger partial charge < -0.3 is 5.32 Å². The van der Waals surface area contributed by atoms with Crippen molar-refractivity contribution in [1.82, 2.24) is 14.3 Å². The van der Waals surface area contributed by atoms with Gasteiger partial charge in [0.05, 0.1) is 16.9 Å². The van der Waals surface area contributed by atoms with E-state index in [-0.39, 0.29) is 24.2 Å². The zero-order chi connectivity index (χ0) is 23.8. The van der Waals surface area contributed by atoms with E-state index in [1.807, 2.05) is 44.2 Å². The molecule has 0 atom stereocenters. The number of aromatic nitrogens is 3. The van der Waals surface area contributed by atoms with Gasteiger partial charge in [-0.05, 0) is 49.7 Å². The van der Waals surface area contributed by atoms with Gasteiger partial charge in [-0.25, -0.2) is 4.68 Å². The first-order valence-electron chi connectivity index (χ1n) is 10.3. The van der Waals surface area contributed by atoms with Gasteiger partial charge >= 0.3 is 6.18 Å². The number of hydrogen-bond donors (Lipinski definition) is 1. The van der Waals surface area contributed by atoms with Gasteiger partial charge in [-0.2, -0.15) is 18.3 Å². The number of anilines is 1. The van der Waals surface area contributed by atoms with Crippen LogP contribution in [0.15, 0.2) is 65.5 Å². The van der Waals surface area contributed by atoms with Crippen LogP contribution >= 0.6 is 0 Å². The van der Waals surface area contributed by atoms with Gasteiger partial charge in [0.2, 0.25) is 5.91 Å². The fourth-order valence-electron chi connectivity index (χ4n) is 3.84. The van der Waals surface area contributed by atoms with Gasteiger partial charge in [0, 0.05) is 30.1 Å². The van der Waals surface area contributed by atoms with E-state index in [1.54, 1.807) is 4.68 Å². The normalized spacial score (nSPS) is 11.7. The predicted molar refractivity (Wildman–Crippen MR) is 119 cm³/mol. The molecule has 0 spiro atoms. The first-order valence-corrected chi connectivity index (χ1v) is 10.3. The average molecular weight is 454 g/mol. The predicted octanol–water partition coefficient (Wildman–Crippen LogP) is 4.85. The minimum atomic E-state index is -4.50. The summed E-state index contributed by atoms with van der Waals surface area (Å²) in [6.07, 6.45) is -4.61. The summed E-state index contributed by atoms with van der Waals surface area (Å²) in [6.45, 7) is 3.72. The molecule has 2 aromatic carbocycles. The first-order chi connectivity index (χ1) is 15.6. The number of hydrogen-bond acceptors (Lipinski definition) is 3. The second kappa shape index (κ2) is 8.57. The standard InChI is InChI=1S/C24H21F3N4O2/c1-15-13-21(33)30(23-22(15)16(2)29-31(23)19-9-4-3-5-10-19)12-11-20(32)28-18-8-6-7-17(14-18)24(25,26)27/h3-10,13-14H,11-12H2,1-2H3,(H,28,32). The van der Waals surface area contributed by atoms with Gasteiger partial charge in [0.15, 0.2) is 0 Å². The Labute approximate surface area is 187 Å². The number of fused-ring (bicyclic) bond motifs is 1. The van der Waals surface area contributed by atoms with Crippen LogP contribution in [0, 0.1) is 13.8 Å². The Kier molecular flexibility index (Phi) is 5.80. The molecule has 0 unspecified atom stereocenters. The lowest BCUT2D eigenvalue weighted by Gasteiger charge is -2.13. The summed E-state index contributed by atoms with van der Waals surface area (Å²) in [5.74, 6) is -0.502. The number of pyridine rings is 1. The summed E-state index contributed by atoms with van der Waals surface area (Å²) >= 11 is 0. The third-order valence-corrected chi connectivity index (χ3v) is 5.33. The van der Waals surface area contributed by atoms with E-state index in [0.29, 0.717) is 5.65 Å². The van der Waals surface area contributed by atoms with Crippen molar-refractivity contribution in [2.45, 2.75) is 33.0 Å². The summed E-state index contributed by atoms with van der Waals surface area (Å²) in [5.41, 5.74) is 1.76. The third kappa shape index (κ3) is 4.52. The molecule has 0 fully saturated rings. The number of para-hydroxylation sites is 1. The quantitative estimate of drug-likeness (QED) is 0.469. The van der Waals surface area contributed by atoms with E-state index in [1.165, 1.54) is 22.8 Å². The van der Waals surface area contributed by atoms with Gasteiger partial charge in [-0.3, -0.25) is 14.2 Å². The highest BCUT2D eigenvalue weighted by Gasteiger charge is 2.30. The third-order valence-electron chi connectivity index (χ3n) is 5.33. The summed E-state index contributed by atoms with van der Waals surface area (Å²) in [6, 6.07) is 15.2. The molecule has 170 valence electrons. The van der Waals surface area contributed by atoms with Crippen molar-refractivity contribution in [1.29, 1.82) is 0 Å². The largest absolute Gasteiger partial charge is 0.416 e. The van der Waals surface area contributed by atoms with Crippen LogP contribution in [0.5, 0.6) is 0 Å². The van der Waals surface area contributed by atoms with Crippen molar-refractivity contribution >= 4 is 22.6 Å². The highest BCUT2D eigenvalue weighted by atomic mass is 19.4. The Morgan fingerprint density at radius 1 is 1.03 bits per heavy atom. The van der Waals surface area contributed by atoms with Crippen molar-refractivity contribution in [3.8, 4) is 5.69 Å². The topological polar surface area (TPSA) is 68.9 Å². The Morgan fingerprint density at radius 3 is 2.45 bits per heavy atom. The first kappa shape index (κ1) is 22.3. The molecule has 4 aromatic rings. The number of benzene rings is 2. The van der Waals surface area contributed by atoms with Gasteiger partial charge in [-0.15, -0.1) is 0 Å². The number of carbonyl (C=O) groups is 1. The molecule has 0 saturated heterocycles. The summed E-state index contributed by atoms with van der Waals surface area (Å²) in [4.78, 5) is 25.3. The van der Waals surface area contributed by atoms with Gasteiger partial charge in [-0.1, -0.05) is 24.3 Å². The summed E-state index contributed by atoms with van der Waals surface area (Å²) in [7, 11) is 0. The molecule has 0 aliphatic rings. The molecule has 2 heterocycles. The second-order valence-corrected chi connectivity index (χ2v) is 7.73. The Bertz CT molecular complexity index is 1390. The SMILES string of the molecule is Cc1cc(=O)n(CCC(=O)Nc2cccc(C(F)(F)F)c2)c2c1c(C)nn2-c1ccccc1. The van der Waals surface area contributed by atoms with Crippen LogP contribution < -0.4 is 10.9 Å². The van der Waals surface area contributed by atoms with Crippen molar-refractivity contribution < 1.29 is 18.0 Å². The van der Waals surface area contributed by atoms with Crippen molar-refractivity contribution in [3.63, 3.8) is 0 Å². The molecule has 1 N–H and O–H groups in total. The van der Waals surface area contributed by atoms with E-state index >= 15 is 0 Å². The number of carbonyl (C=O) groups excluding carboxylic acids is 1. The molecule has 9 heteroatoms. The van der Waals surface area contributed by atoms with Crippen LogP contribution in [-0.2, 0) is 17.5 Å². The zero-order valence-corrected chi connectivity index (χ0v) is 18.0. The van der Waals surface area contributed by atoms with Gasteiger partial charge in [0.25, 0.3) is 5.56 Å². The van der Waals surface area contributed by atoms with E-state index < -0.39 is 17.6 Å². The van der Waals surface area contributed by atoms with Crippen LogP contribution in [-0.4, -0.2) is 20.3 Å². The van der Waals surface area contributed by atoms with Crippen LogP contribution in [0.25, 0.3) is 16.7 Å². The fourth-order valence-corrected chi connectivity index (χ4v) is 3.84. The average Bonchev–Trinajstić information content (AvgIpc) is 3.11. The number of rotatable bonds is 5. The van der Waals surface area contributed by atoms with E-state index in [0.717, 1.165) is 34.5 Å². The molecule has 0 bridgehead atoms. The minimum absolute atomic E-state index is 0.0401. The summed E-state index contributed by atoms with van der Waals surface area (Å²) in [5, 5.41) is 7.89. The lowest BCUT2D eigenvalue weighted by Crippen LogP contribution is -2.25. The molecule has 6 nitrogen and oxygen atoms in total.